The van der Waals surface area contributed by atoms with E-state index in [1.54, 1.807) is 11.0 Å². The van der Waals surface area contributed by atoms with E-state index in [4.69, 9.17) is 0 Å². The van der Waals surface area contributed by atoms with Crippen LogP contribution in [0.4, 0.5) is 0 Å². The lowest BCUT2D eigenvalue weighted by Gasteiger charge is -2.39. The second-order valence-electron chi connectivity index (χ2n) is 4.35. The zero-order valence-corrected chi connectivity index (χ0v) is 9.74. The number of carbonyl (C=O) groups is 2. The first-order valence-corrected chi connectivity index (χ1v) is 5.68. The van der Waals surface area contributed by atoms with Crippen LogP contribution in [0.25, 0.3) is 0 Å². The van der Waals surface area contributed by atoms with Crippen LogP contribution in [0.5, 0.6) is 0 Å². The lowest BCUT2D eigenvalue weighted by Crippen LogP contribution is -2.49. The normalized spacial score (nSPS) is 25.2. The van der Waals surface area contributed by atoms with Gasteiger partial charge in [-0.15, -0.1) is 6.58 Å². The van der Waals surface area contributed by atoms with Gasteiger partial charge in [0.25, 0.3) is 0 Å². The van der Waals surface area contributed by atoms with Crippen molar-refractivity contribution in [1.82, 2.24) is 4.90 Å². The maximum Gasteiger partial charge on any atom is 0.311 e. The van der Waals surface area contributed by atoms with Gasteiger partial charge in [-0.25, -0.2) is 0 Å². The van der Waals surface area contributed by atoms with Crippen LogP contribution >= 0.6 is 0 Å². The summed E-state index contributed by atoms with van der Waals surface area (Å²) in [6.45, 7) is 6.40. The highest BCUT2D eigenvalue weighted by atomic mass is 16.4. The van der Waals surface area contributed by atoms with E-state index in [2.05, 4.69) is 6.58 Å². The molecule has 1 atom stereocenters. The molecule has 0 radical (unpaired) electrons. The van der Waals surface area contributed by atoms with Crippen molar-refractivity contribution in [1.29, 1.82) is 0 Å². The van der Waals surface area contributed by atoms with Crippen LogP contribution in [0.2, 0.25) is 0 Å². The number of carboxylic acids is 1. The molecule has 1 unspecified atom stereocenters. The first kappa shape index (κ1) is 12.7. The van der Waals surface area contributed by atoms with Crippen molar-refractivity contribution in [2.75, 3.05) is 13.1 Å². The van der Waals surface area contributed by atoms with E-state index in [9.17, 15) is 14.7 Å². The highest BCUT2D eigenvalue weighted by Gasteiger charge is 2.41. The van der Waals surface area contributed by atoms with Crippen molar-refractivity contribution >= 4 is 11.9 Å². The van der Waals surface area contributed by atoms with Gasteiger partial charge < -0.3 is 10.0 Å². The number of amides is 1. The molecule has 4 heteroatoms. The minimum atomic E-state index is -0.786. The quantitative estimate of drug-likeness (QED) is 0.740. The number of hydrogen-bond donors (Lipinski definition) is 1. The molecule has 0 saturated carbocycles. The number of likely N-dealkylation sites (tertiary alicyclic amines) is 1. The fourth-order valence-corrected chi connectivity index (χ4v) is 2.21. The monoisotopic (exact) mass is 225 g/mol. The molecule has 1 aliphatic heterocycles. The van der Waals surface area contributed by atoms with Crippen molar-refractivity contribution in [3.8, 4) is 0 Å². The molecule has 0 spiro atoms. The Kier molecular flexibility index (Phi) is 4.10. The molecule has 0 aromatic heterocycles. The molecule has 0 aliphatic carbocycles. The van der Waals surface area contributed by atoms with Crippen molar-refractivity contribution in [3.05, 3.63) is 12.7 Å². The number of hydrogen-bond acceptors (Lipinski definition) is 2. The van der Waals surface area contributed by atoms with Crippen LogP contribution in [0.3, 0.4) is 0 Å². The van der Waals surface area contributed by atoms with Gasteiger partial charge in [0.15, 0.2) is 0 Å². The number of piperidine rings is 1. The summed E-state index contributed by atoms with van der Waals surface area (Å²) in [5.74, 6) is -0.806. The number of rotatable bonds is 4. The largest absolute Gasteiger partial charge is 0.481 e. The molecular weight excluding hydrogens is 206 g/mol. The van der Waals surface area contributed by atoms with Gasteiger partial charge in [0.05, 0.1) is 5.41 Å². The Labute approximate surface area is 95.9 Å². The topological polar surface area (TPSA) is 57.6 Å². The summed E-state index contributed by atoms with van der Waals surface area (Å²) in [6, 6.07) is 0. The third-order valence-electron chi connectivity index (χ3n) is 3.38. The zero-order chi connectivity index (χ0) is 12.2. The Hall–Kier alpha value is -1.32. The molecule has 0 bridgehead atoms. The predicted molar refractivity (Wildman–Crippen MR) is 61.0 cm³/mol. The van der Waals surface area contributed by atoms with Gasteiger partial charge >= 0.3 is 5.97 Å². The fraction of sp³-hybridized carbons (Fsp3) is 0.667. The third-order valence-corrected chi connectivity index (χ3v) is 3.38. The summed E-state index contributed by atoms with van der Waals surface area (Å²) in [7, 11) is 0. The third kappa shape index (κ3) is 2.43. The molecule has 1 N–H and O–H groups in total. The number of carbonyl (C=O) groups excluding carboxylic acids is 1. The van der Waals surface area contributed by atoms with Gasteiger partial charge in [-0.3, -0.25) is 9.59 Å². The van der Waals surface area contributed by atoms with E-state index in [0.29, 0.717) is 32.4 Å². The molecule has 16 heavy (non-hydrogen) atoms. The van der Waals surface area contributed by atoms with Gasteiger partial charge in [-0.2, -0.15) is 0 Å². The Morgan fingerprint density at radius 1 is 1.56 bits per heavy atom. The summed E-state index contributed by atoms with van der Waals surface area (Å²) >= 11 is 0. The second-order valence-corrected chi connectivity index (χ2v) is 4.35. The minimum Gasteiger partial charge on any atom is -0.481 e. The molecular formula is C12H19NO3. The van der Waals surface area contributed by atoms with E-state index in [1.807, 2.05) is 6.92 Å². The summed E-state index contributed by atoms with van der Waals surface area (Å²) < 4.78 is 0. The van der Waals surface area contributed by atoms with Crippen molar-refractivity contribution in [2.45, 2.75) is 32.6 Å². The summed E-state index contributed by atoms with van der Waals surface area (Å²) in [5.41, 5.74) is -0.741. The van der Waals surface area contributed by atoms with Crippen molar-refractivity contribution in [2.24, 2.45) is 5.41 Å². The Morgan fingerprint density at radius 3 is 2.75 bits per heavy atom. The maximum absolute atomic E-state index is 11.7. The molecule has 1 fully saturated rings. The van der Waals surface area contributed by atoms with Crippen LogP contribution in [0.1, 0.15) is 32.6 Å². The van der Waals surface area contributed by atoms with E-state index >= 15 is 0 Å². The average molecular weight is 225 g/mol. The molecule has 0 aromatic carbocycles. The van der Waals surface area contributed by atoms with E-state index in [-0.39, 0.29) is 5.91 Å². The zero-order valence-electron chi connectivity index (χ0n) is 9.74. The summed E-state index contributed by atoms with van der Waals surface area (Å²) in [4.78, 5) is 24.6. The van der Waals surface area contributed by atoms with Crippen LogP contribution < -0.4 is 0 Å². The van der Waals surface area contributed by atoms with Gasteiger partial charge in [0, 0.05) is 19.5 Å². The minimum absolute atomic E-state index is 0.0197. The van der Waals surface area contributed by atoms with Gasteiger partial charge in [0.2, 0.25) is 5.91 Å². The fourth-order valence-electron chi connectivity index (χ4n) is 2.21. The van der Waals surface area contributed by atoms with E-state index in [1.165, 1.54) is 0 Å². The SMILES string of the molecule is C=CCC(=O)N1CCCC(CC)(C(=O)O)C1. The van der Waals surface area contributed by atoms with Crippen molar-refractivity contribution < 1.29 is 14.7 Å². The van der Waals surface area contributed by atoms with E-state index in [0.717, 1.165) is 6.42 Å². The van der Waals surface area contributed by atoms with Crippen LogP contribution in [-0.2, 0) is 9.59 Å². The highest BCUT2D eigenvalue weighted by molar-refractivity contribution is 5.80. The molecule has 1 heterocycles. The molecule has 1 amide bonds. The Morgan fingerprint density at radius 2 is 2.25 bits per heavy atom. The first-order chi connectivity index (χ1) is 7.55. The standard InChI is InChI=1S/C12H19NO3/c1-3-6-10(14)13-8-5-7-12(4-2,9-13)11(15)16/h3H,1,4-9H2,2H3,(H,15,16). The summed E-state index contributed by atoms with van der Waals surface area (Å²) in [5, 5.41) is 9.26. The first-order valence-electron chi connectivity index (χ1n) is 5.68. The van der Waals surface area contributed by atoms with Crippen LogP contribution in [-0.4, -0.2) is 35.0 Å². The smallest absolute Gasteiger partial charge is 0.311 e. The lowest BCUT2D eigenvalue weighted by atomic mass is 9.77. The molecule has 0 aromatic rings. The Balaban J connectivity index is 2.75. The van der Waals surface area contributed by atoms with Crippen molar-refractivity contribution in [3.63, 3.8) is 0 Å². The Bertz CT molecular complexity index is 301. The number of nitrogens with zero attached hydrogens (tertiary/aromatic N) is 1. The molecule has 1 aliphatic rings. The molecule has 1 rings (SSSR count). The predicted octanol–water partition coefficient (Wildman–Crippen LogP) is 1.67. The highest BCUT2D eigenvalue weighted by Crippen LogP contribution is 2.33. The second kappa shape index (κ2) is 5.14. The lowest BCUT2D eigenvalue weighted by molar-refractivity contribution is -0.155. The van der Waals surface area contributed by atoms with Gasteiger partial charge in [-0.05, 0) is 19.3 Å². The molecule has 90 valence electrons. The van der Waals surface area contributed by atoms with Crippen LogP contribution in [0.15, 0.2) is 12.7 Å². The summed E-state index contributed by atoms with van der Waals surface area (Å²) in [6.07, 6.45) is 3.85. The molecule has 4 nitrogen and oxygen atoms in total. The number of carboxylic acid groups (broad SMARTS) is 1. The van der Waals surface area contributed by atoms with Gasteiger partial charge in [0.1, 0.15) is 0 Å². The average Bonchev–Trinajstić information content (AvgIpc) is 2.29. The number of aliphatic carboxylic acids is 1. The van der Waals surface area contributed by atoms with E-state index < -0.39 is 11.4 Å². The maximum atomic E-state index is 11.7. The molecule has 1 saturated heterocycles. The van der Waals surface area contributed by atoms with Gasteiger partial charge in [-0.1, -0.05) is 13.0 Å². The van der Waals surface area contributed by atoms with Crippen LogP contribution in [0, 0.1) is 5.41 Å².